The summed E-state index contributed by atoms with van der Waals surface area (Å²) < 4.78 is 39.0. The predicted octanol–water partition coefficient (Wildman–Crippen LogP) is 3.85. The number of halogens is 3. The van der Waals surface area contributed by atoms with Gasteiger partial charge in [0.1, 0.15) is 11.2 Å². The number of nitro groups is 1. The number of rotatable bonds is 5. The molecule has 2 aromatic rings. The number of aliphatic hydroxyl groups is 1. The zero-order chi connectivity index (χ0) is 20.4. The minimum absolute atomic E-state index is 0.0573. The third kappa shape index (κ3) is 5.04. The van der Waals surface area contributed by atoms with Crippen molar-refractivity contribution < 1.29 is 28.0 Å². The van der Waals surface area contributed by atoms with Crippen LogP contribution in [0.4, 0.5) is 24.5 Å². The Morgan fingerprint density at radius 2 is 1.78 bits per heavy atom. The van der Waals surface area contributed by atoms with Gasteiger partial charge in [-0.25, -0.2) is 0 Å². The number of carbonyl (C=O) groups excluding carboxylic acids is 1. The van der Waals surface area contributed by atoms with E-state index >= 15 is 0 Å². The summed E-state index contributed by atoms with van der Waals surface area (Å²) in [5, 5.41) is 23.3. The van der Waals surface area contributed by atoms with Crippen LogP contribution in [0.3, 0.4) is 0 Å². The zero-order valence-electron chi connectivity index (χ0n) is 14.5. The van der Waals surface area contributed by atoms with Gasteiger partial charge in [-0.1, -0.05) is 29.8 Å². The highest BCUT2D eigenvalue weighted by Gasteiger charge is 2.39. The Bertz CT molecular complexity index is 862. The van der Waals surface area contributed by atoms with Gasteiger partial charge >= 0.3 is 6.18 Å². The van der Waals surface area contributed by atoms with Crippen LogP contribution in [0.5, 0.6) is 0 Å². The molecule has 9 heteroatoms. The van der Waals surface area contributed by atoms with E-state index in [0.29, 0.717) is 17.7 Å². The molecule has 0 aliphatic heterocycles. The maximum absolute atomic E-state index is 13.0. The number of nitro benzene ring substituents is 1. The molecule has 0 saturated carbocycles. The topological polar surface area (TPSA) is 92.5 Å². The minimum Gasteiger partial charge on any atom is -0.380 e. The summed E-state index contributed by atoms with van der Waals surface area (Å²) in [5.74, 6) is -0.926. The molecule has 0 aromatic heterocycles. The normalized spacial score (nSPS) is 13.7. The largest absolute Gasteiger partial charge is 0.423 e. The molecule has 6 nitrogen and oxygen atoms in total. The number of hydrogen-bond donors (Lipinski definition) is 2. The van der Waals surface area contributed by atoms with Crippen molar-refractivity contribution in [1.82, 2.24) is 0 Å². The average Bonchev–Trinajstić information content (AvgIpc) is 2.55. The van der Waals surface area contributed by atoms with Gasteiger partial charge in [0.15, 0.2) is 0 Å². The van der Waals surface area contributed by atoms with Crippen LogP contribution in [-0.2, 0) is 17.4 Å². The Morgan fingerprint density at radius 3 is 2.30 bits per heavy atom. The van der Waals surface area contributed by atoms with Crippen molar-refractivity contribution in [2.45, 2.75) is 32.0 Å². The van der Waals surface area contributed by atoms with Gasteiger partial charge in [0.05, 0.1) is 4.92 Å². The Balaban J connectivity index is 2.23. The number of anilines is 1. The Morgan fingerprint density at radius 1 is 1.19 bits per heavy atom. The molecule has 27 heavy (non-hydrogen) atoms. The van der Waals surface area contributed by atoms with E-state index in [-0.39, 0.29) is 12.1 Å². The molecule has 0 radical (unpaired) electrons. The lowest BCUT2D eigenvalue weighted by atomic mass is 9.95. The molecular weight excluding hydrogens is 365 g/mol. The van der Waals surface area contributed by atoms with Crippen molar-refractivity contribution in [3.63, 3.8) is 0 Å². The van der Waals surface area contributed by atoms with Crippen LogP contribution in [-0.4, -0.2) is 21.5 Å². The fourth-order valence-corrected chi connectivity index (χ4v) is 2.45. The quantitative estimate of drug-likeness (QED) is 0.607. The zero-order valence-corrected chi connectivity index (χ0v) is 14.5. The molecule has 2 N–H and O–H groups in total. The second-order valence-electron chi connectivity index (χ2n) is 6.38. The van der Waals surface area contributed by atoms with E-state index in [1.807, 2.05) is 6.92 Å². The van der Waals surface area contributed by atoms with Crippen LogP contribution < -0.4 is 5.32 Å². The number of alkyl halides is 3. The summed E-state index contributed by atoms with van der Waals surface area (Å²) in [6.45, 7) is 3.11. The molecule has 0 fully saturated rings. The smallest absolute Gasteiger partial charge is 0.380 e. The van der Waals surface area contributed by atoms with Gasteiger partial charge < -0.3 is 10.4 Å². The van der Waals surface area contributed by atoms with Crippen LogP contribution in [0.2, 0.25) is 0 Å². The number of amides is 1. The summed E-state index contributed by atoms with van der Waals surface area (Å²) in [6.07, 6.45) is -5.02. The summed E-state index contributed by atoms with van der Waals surface area (Å²) in [4.78, 5) is 21.9. The minimum atomic E-state index is -4.96. The fourth-order valence-electron chi connectivity index (χ4n) is 2.45. The van der Waals surface area contributed by atoms with Crippen molar-refractivity contribution in [3.8, 4) is 0 Å². The summed E-state index contributed by atoms with van der Waals surface area (Å²) in [5.41, 5.74) is -3.14. The van der Waals surface area contributed by atoms with E-state index in [1.165, 1.54) is 6.92 Å². The van der Waals surface area contributed by atoms with Gasteiger partial charge in [-0.3, -0.25) is 14.9 Å². The second-order valence-corrected chi connectivity index (χ2v) is 6.38. The van der Waals surface area contributed by atoms with Crippen LogP contribution in [0.25, 0.3) is 0 Å². The number of carbonyl (C=O) groups is 1. The van der Waals surface area contributed by atoms with E-state index in [9.17, 15) is 33.2 Å². The third-order valence-corrected chi connectivity index (χ3v) is 3.91. The highest BCUT2D eigenvalue weighted by molar-refractivity contribution is 5.97. The first-order chi connectivity index (χ1) is 12.4. The van der Waals surface area contributed by atoms with Crippen molar-refractivity contribution in [1.29, 1.82) is 0 Å². The van der Waals surface area contributed by atoms with Crippen molar-refractivity contribution >= 4 is 17.3 Å². The van der Waals surface area contributed by atoms with E-state index in [1.54, 1.807) is 24.3 Å². The van der Waals surface area contributed by atoms with Gasteiger partial charge in [-0.05, 0) is 31.5 Å². The first kappa shape index (κ1) is 20.4. The first-order valence-corrected chi connectivity index (χ1v) is 7.85. The molecule has 1 atom stereocenters. The lowest BCUT2D eigenvalue weighted by Crippen LogP contribution is -2.42. The standard InChI is InChI=1S/C18H17F3N2O4/c1-11-3-5-12(6-4-11)10-17(2,25)16(24)22-13-7-8-15(23(26)27)14(9-13)18(19,20)21/h3-9,25H,10H2,1-2H3,(H,22,24)/t17-/m0/s1. The fraction of sp³-hybridized carbons (Fsp3) is 0.278. The molecule has 0 aliphatic rings. The highest BCUT2D eigenvalue weighted by atomic mass is 19.4. The molecule has 0 spiro atoms. The maximum Gasteiger partial charge on any atom is 0.423 e. The predicted molar refractivity (Wildman–Crippen MR) is 92.2 cm³/mol. The second kappa shape index (κ2) is 7.36. The summed E-state index contributed by atoms with van der Waals surface area (Å²) >= 11 is 0. The number of aryl methyl sites for hydroxylation is 1. The molecule has 2 aromatic carbocycles. The molecule has 2 rings (SSSR count). The Hall–Kier alpha value is -2.94. The van der Waals surface area contributed by atoms with Crippen molar-refractivity contribution in [2.24, 2.45) is 0 Å². The Labute approximate surface area is 152 Å². The lowest BCUT2D eigenvalue weighted by Gasteiger charge is -2.23. The average molecular weight is 382 g/mol. The molecule has 1 amide bonds. The van der Waals surface area contributed by atoms with Crippen molar-refractivity contribution in [3.05, 3.63) is 69.3 Å². The van der Waals surface area contributed by atoms with E-state index in [2.05, 4.69) is 5.32 Å². The number of nitrogens with zero attached hydrogens (tertiary/aromatic N) is 1. The van der Waals surface area contributed by atoms with Gasteiger partial charge in [0.25, 0.3) is 11.6 Å². The molecule has 0 heterocycles. The lowest BCUT2D eigenvalue weighted by molar-refractivity contribution is -0.388. The van der Waals surface area contributed by atoms with Gasteiger partial charge in [0.2, 0.25) is 0 Å². The summed E-state index contributed by atoms with van der Waals surface area (Å²) in [6, 6.07) is 9.16. The van der Waals surface area contributed by atoms with Crippen LogP contribution in [0, 0.1) is 17.0 Å². The molecule has 0 aliphatic carbocycles. The van der Waals surface area contributed by atoms with Gasteiger partial charge in [-0.15, -0.1) is 0 Å². The maximum atomic E-state index is 13.0. The van der Waals surface area contributed by atoms with E-state index < -0.39 is 33.9 Å². The van der Waals surface area contributed by atoms with Crippen LogP contribution >= 0.6 is 0 Å². The number of hydrogen-bond acceptors (Lipinski definition) is 4. The SMILES string of the molecule is Cc1ccc(C[C@](C)(O)C(=O)Nc2ccc([N+](=O)[O-])c(C(F)(F)F)c2)cc1. The number of nitrogens with one attached hydrogen (secondary N) is 1. The first-order valence-electron chi connectivity index (χ1n) is 7.85. The summed E-state index contributed by atoms with van der Waals surface area (Å²) in [7, 11) is 0. The number of benzene rings is 2. The molecule has 0 bridgehead atoms. The molecule has 144 valence electrons. The van der Waals surface area contributed by atoms with E-state index in [0.717, 1.165) is 11.6 Å². The van der Waals surface area contributed by atoms with Crippen molar-refractivity contribution in [2.75, 3.05) is 5.32 Å². The van der Waals surface area contributed by atoms with Crippen LogP contribution in [0.15, 0.2) is 42.5 Å². The highest BCUT2D eigenvalue weighted by Crippen LogP contribution is 2.37. The van der Waals surface area contributed by atoms with Gasteiger partial charge in [0, 0.05) is 18.2 Å². The third-order valence-electron chi connectivity index (χ3n) is 3.91. The molecule has 0 unspecified atom stereocenters. The van der Waals surface area contributed by atoms with Crippen LogP contribution in [0.1, 0.15) is 23.6 Å². The monoisotopic (exact) mass is 382 g/mol. The molecule has 0 saturated heterocycles. The van der Waals surface area contributed by atoms with E-state index in [4.69, 9.17) is 0 Å². The molecular formula is C18H17F3N2O4. The Kier molecular flexibility index (Phi) is 5.55. The van der Waals surface area contributed by atoms with Gasteiger partial charge in [-0.2, -0.15) is 13.2 Å².